The first kappa shape index (κ1) is 28.3. The third-order valence-corrected chi connectivity index (χ3v) is 8.45. The Morgan fingerprint density at radius 3 is 2.37 bits per heavy atom. The van der Waals surface area contributed by atoms with E-state index >= 15 is 0 Å². The van der Waals surface area contributed by atoms with Gasteiger partial charge in [0.05, 0.1) is 16.6 Å². The second-order valence-corrected chi connectivity index (χ2v) is 12.5. The van der Waals surface area contributed by atoms with Gasteiger partial charge in [-0.1, -0.05) is 68.4 Å². The van der Waals surface area contributed by atoms with E-state index in [2.05, 4.69) is 28.5 Å². The van der Waals surface area contributed by atoms with Gasteiger partial charge >= 0.3 is 0 Å². The fourth-order valence-corrected chi connectivity index (χ4v) is 6.18. The Hall–Kier alpha value is -4.24. The Labute approximate surface area is 241 Å². The number of carbonyl (C=O) groups excluding carboxylic acids is 1. The van der Waals surface area contributed by atoms with Crippen LogP contribution in [0.3, 0.4) is 0 Å². The minimum Gasteiger partial charge on any atom is -0.475 e. The molecule has 0 fully saturated rings. The van der Waals surface area contributed by atoms with Crippen molar-refractivity contribution in [3.05, 3.63) is 101 Å². The predicted molar refractivity (Wildman–Crippen MR) is 159 cm³/mol. The number of nitrogens with zero attached hydrogens (tertiary/aromatic N) is 3. The van der Waals surface area contributed by atoms with Crippen LogP contribution in [0, 0.1) is 19.8 Å². The number of sulfonamides is 1. The van der Waals surface area contributed by atoms with Crippen LogP contribution in [0.25, 0.3) is 11.3 Å². The largest absolute Gasteiger partial charge is 0.475 e. The first-order chi connectivity index (χ1) is 19.6. The molecule has 0 aliphatic carbocycles. The van der Waals surface area contributed by atoms with Gasteiger partial charge in [-0.25, -0.2) is 18.1 Å². The van der Waals surface area contributed by atoms with Gasteiger partial charge in [0, 0.05) is 23.7 Å². The van der Waals surface area contributed by atoms with E-state index in [1.54, 1.807) is 23.1 Å². The van der Waals surface area contributed by atoms with Crippen LogP contribution < -0.4 is 9.46 Å². The van der Waals surface area contributed by atoms with Crippen LogP contribution in [-0.4, -0.2) is 41.8 Å². The molecule has 0 saturated heterocycles. The van der Waals surface area contributed by atoms with Gasteiger partial charge in [0.2, 0.25) is 11.8 Å². The van der Waals surface area contributed by atoms with E-state index in [4.69, 9.17) is 4.74 Å². The van der Waals surface area contributed by atoms with Gasteiger partial charge < -0.3 is 9.64 Å². The summed E-state index contributed by atoms with van der Waals surface area (Å²) in [4.78, 5) is 24.8. The molecule has 0 spiro atoms. The smallest absolute Gasteiger partial charge is 0.264 e. The molecule has 2 heterocycles. The van der Waals surface area contributed by atoms with E-state index in [-0.39, 0.29) is 46.8 Å². The molecule has 1 aliphatic rings. The van der Waals surface area contributed by atoms with Gasteiger partial charge in [0.1, 0.15) is 6.61 Å². The number of fused-ring (bicyclic) bond motifs is 4. The molecule has 212 valence electrons. The highest BCUT2D eigenvalue weighted by Gasteiger charge is 2.29. The Balaban J connectivity index is 1.67. The topological polar surface area (TPSA) is 101 Å². The van der Waals surface area contributed by atoms with Crippen molar-refractivity contribution in [1.29, 1.82) is 0 Å². The lowest BCUT2D eigenvalue weighted by atomic mass is 10.00. The van der Waals surface area contributed by atoms with E-state index in [9.17, 15) is 13.2 Å². The van der Waals surface area contributed by atoms with Crippen LogP contribution in [0.2, 0.25) is 0 Å². The number of benzene rings is 3. The highest BCUT2D eigenvalue weighted by molar-refractivity contribution is 7.92. The molecule has 3 aromatic carbocycles. The molecule has 4 aromatic rings. The average Bonchev–Trinajstić information content (AvgIpc) is 2.93. The van der Waals surface area contributed by atoms with Gasteiger partial charge in [0.25, 0.3) is 15.9 Å². The highest BCUT2D eigenvalue weighted by Crippen LogP contribution is 2.30. The van der Waals surface area contributed by atoms with Crippen molar-refractivity contribution in [1.82, 2.24) is 14.9 Å². The molecule has 0 saturated carbocycles. The van der Waals surface area contributed by atoms with Crippen molar-refractivity contribution in [2.45, 2.75) is 51.6 Å². The number of anilines is 1. The van der Waals surface area contributed by atoms with Crippen molar-refractivity contribution >= 4 is 21.9 Å². The van der Waals surface area contributed by atoms with E-state index in [1.807, 2.05) is 62.4 Å². The number of aromatic nitrogens is 2. The standard InChI is InChI=1S/C32H34N4O4S/c1-21(2)16-26-20-40-29-18-28(30-22(3)10-8-11-23(30)4)33-32(34-29)35-41(38,39)27-15-9-14-25(17-27)31(37)36(26)19-24-12-6-5-7-13-24/h5-15,17-18,21,26H,16,19-20H2,1-4H3,(H,33,34,35)/t26-/m1/s1. The van der Waals surface area contributed by atoms with Gasteiger partial charge in [-0.3, -0.25) is 4.79 Å². The molecule has 1 amide bonds. The normalized spacial score (nSPS) is 16.7. The first-order valence-corrected chi connectivity index (χ1v) is 15.2. The van der Waals surface area contributed by atoms with Crippen LogP contribution in [0.15, 0.2) is 83.8 Å². The van der Waals surface area contributed by atoms with Crippen molar-refractivity contribution < 1.29 is 17.9 Å². The summed E-state index contributed by atoms with van der Waals surface area (Å²) >= 11 is 0. The van der Waals surface area contributed by atoms with E-state index in [0.717, 1.165) is 22.3 Å². The average molecular weight is 571 g/mol. The summed E-state index contributed by atoms with van der Waals surface area (Å²) in [6.07, 6.45) is 0.677. The number of hydrogen-bond donors (Lipinski definition) is 1. The number of rotatable bonds is 5. The lowest BCUT2D eigenvalue weighted by Crippen LogP contribution is -2.44. The molecule has 1 aromatic heterocycles. The maximum atomic E-state index is 14.0. The minimum atomic E-state index is -4.11. The number of amides is 1. The molecule has 1 aliphatic heterocycles. The Bertz CT molecular complexity index is 1650. The van der Waals surface area contributed by atoms with E-state index in [1.165, 1.54) is 12.1 Å². The summed E-state index contributed by atoms with van der Waals surface area (Å²) in [6.45, 7) is 8.68. The molecule has 9 heteroatoms. The fraction of sp³-hybridized carbons (Fsp3) is 0.281. The van der Waals surface area contributed by atoms with Crippen LogP contribution in [0.1, 0.15) is 47.3 Å². The van der Waals surface area contributed by atoms with Gasteiger partial charge in [-0.2, -0.15) is 4.98 Å². The van der Waals surface area contributed by atoms with Crippen LogP contribution in [0.4, 0.5) is 5.95 Å². The van der Waals surface area contributed by atoms with Crippen LogP contribution >= 0.6 is 0 Å². The molecule has 4 bridgehead atoms. The third kappa shape index (κ3) is 6.41. The fourth-order valence-electron chi connectivity index (χ4n) is 5.19. The summed E-state index contributed by atoms with van der Waals surface area (Å²) in [6, 6.07) is 23.2. The lowest BCUT2D eigenvalue weighted by Gasteiger charge is -2.33. The van der Waals surface area contributed by atoms with E-state index in [0.29, 0.717) is 18.7 Å². The highest BCUT2D eigenvalue weighted by atomic mass is 32.2. The molecule has 1 N–H and O–H groups in total. The Morgan fingerprint density at radius 2 is 1.66 bits per heavy atom. The molecule has 0 unspecified atom stereocenters. The molecular formula is C32H34N4O4S. The van der Waals surface area contributed by atoms with Crippen molar-refractivity contribution in [2.75, 3.05) is 11.3 Å². The summed E-state index contributed by atoms with van der Waals surface area (Å²) in [5.74, 6) is 0.123. The second kappa shape index (κ2) is 11.7. The number of carbonyl (C=O) groups is 1. The van der Waals surface area contributed by atoms with Gasteiger partial charge in [0.15, 0.2) is 0 Å². The zero-order valence-corrected chi connectivity index (χ0v) is 24.5. The van der Waals surface area contributed by atoms with E-state index < -0.39 is 10.0 Å². The van der Waals surface area contributed by atoms with Crippen LogP contribution in [0.5, 0.6) is 5.88 Å². The summed E-state index contributed by atoms with van der Waals surface area (Å²) in [7, 11) is -4.11. The molecular weight excluding hydrogens is 536 g/mol. The maximum absolute atomic E-state index is 14.0. The Morgan fingerprint density at radius 1 is 0.951 bits per heavy atom. The summed E-state index contributed by atoms with van der Waals surface area (Å²) in [5, 5.41) is 0. The summed E-state index contributed by atoms with van der Waals surface area (Å²) in [5.41, 5.74) is 4.65. The Kier molecular flexibility index (Phi) is 8.08. The van der Waals surface area contributed by atoms with Gasteiger partial charge in [-0.15, -0.1) is 0 Å². The van der Waals surface area contributed by atoms with Crippen molar-refractivity contribution in [2.24, 2.45) is 5.92 Å². The zero-order chi connectivity index (χ0) is 29.1. The quantitative estimate of drug-likeness (QED) is 0.315. The molecule has 8 nitrogen and oxygen atoms in total. The number of nitrogens with one attached hydrogen (secondary N) is 1. The molecule has 41 heavy (non-hydrogen) atoms. The number of ether oxygens (including phenoxy) is 1. The molecule has 5 rings (SSSR count). The monoisotopic (exact) mass is 570 g/mol. The minimum absolute atomic E-state index is 0.0498. The van der Waals surface area contributed by atoms with Crippen molar-refractivity contribution in [3.8, 4) is 17.1 Å². The summed E-state index contributed by atoms with van der Waals surface area (Å²) < 4.78 is 35.8. The first-order valence-electron chi connectivity index (χ1n) is 13.7. The predicted octanol–water partition coefficient (Wildman–Crippen LogP) is 6.01. The number of aryl methyl sites for hydroxylation is 2. The second-order valence-electron chi connectivity index (χ2n) is 10.8. The van der Waals surface area contributed by atoms with Crippen LogP contribution in [-0.2, 0) is 16.6 Å². The lowest BCUT2D eigenvalue weighted by molar-refractivity contribution is 0.0553. The SMILES string of the molecule is Cc1cccc(C)c1-c1cc2nc(n1)NS(=O)(=O)c1cccc(c1)C(=O)N(Cc1ccccc1)[C@H](CC(C)C)CO2. The third-order valence-electron chi connectivity index (χ3n) is 7.12. The maximum Gasteiger partial charge on any atom is 0.264 e. The van der Waals surface area contributed by atoms with Crippen molar-refractivity contribution in [3.63, 3.8) is 0 Å². The van der Waals surface area contributed by atoms with Gasteiger partial charge in [-0.05, 0) is 61.1 Å². The molecule has 0 radical (unpaired) electrons. The molecule has 1 atom stereocenters. The number of hydrogen-bond acceptors (Lipinski definition) is 6. The zero-order valence-electron chi connectivity index (χ0n) is 23.7.